The molecule has 6 heteroatoms. The number of hydrogen-bond donors (Lipinski definition) is 0. The number of carbonyl (C=O) groups is 1. The number of hydrogen-bond acceptors (Lipinski definition) is 5. The van der Waals surface area contributed by atoms with Gasteiger partial charge in [-0.2, -0.15) is 5.10 Å². The van der Waals surface area contributed by atoms with Gasteiger partial charge in [-0.15, -0.1) is 5.10 Å². The van der Waals surface area contributed by atoms with Crippen LogP contribution in [0.5, 0.6) is 5.88 Å². The Kier molecular flexibility index (Phi) is 3.37. The SMILES string of the molecule is COc1ccc(C2(C)CCc3nc(Cl)ccc3C2=O)nn1. The van der Waals surface area contributed by atoms with Crippen molar-refractivity contribution in [3.8, 4) is 5.88 Å². The number of aromatic nitrogens is 3. The van der Waals surface area contributed by atoms with Gasteiger partial charge >= 0.3 is 0 Å². The van der Waals surface area contributed by atoms with E-state index in [4.69, 9.17) is 16.3 Å². The van der Waals surface area contributed by atoms with Crippen LogP contribution in [0, 0.1) is 0 Å². The van der Waals surface area contributed by atoms with E-state index >= 15 is 0 Å². The van der Waals surface area contributed by atoms with Gasteiger partial charge < -0.3 is 4.74 Å². The zero-order valence-electron chi connectivity index (χ0n) is 11.8. The largest absolute Gasteiger partial charge is 0.480 e. The maximum absolute atomic E-state index is 12.8. The normalized spacial score (nSPS) is 21.0. The molecule has 0 amide bonds. The highest BCUT2D eigenvalue weighted by Crippen LogP contribution is 2.37. The number of ketones is 1. The number of halogens is 1. The highest BCUT2D eigenvalue weighted by molar-refractivity contribution is 6.29. The Labute approximate surface area is 127 Å². The van der Waals surface area contributed by atoms with Gasteiger partial charge in [0.1, 0.15) is 5.15 Å². The fraction of sp³-hybridized carbons (Fsp3) is 0.333. The Hall–Kier alpha value is -2.01. The highest BCUT2D eigenvalue weighted by Gasteiger charge is 2.42. The summed E-state index contributed by atoms with van der Waals surface area (Å²) in [5.41, 5.74) is 1.33. The van der Waals surface area contributed by atoms with E-state index in [0.717, 1.165) is 5.69 Å². The highest BCUT2D eigenvalue weighted by atomic mass is 35.5. The molecule has 2 aromatic rings. The van der Waals surface area contributed by atoms with Crippen molar-refractivity contribution in [2.24, 2.45) is 0 Å². The first-order valence-corrected chi connectivity index (χ1v) is 7.01. The van der Waals surface area contributed by atoms with Gasteiger partial charge in [0.25, 0.3) is 0 Å². The molecular formula is C15H14ClN3O2. The number of carbonyl (C=O) groups excluding carboxylic acids is 1. The average molecular weight is 304 g/mol. The molecule has 0 aromatic carbocycles. The van der Waals surface area contributed by atoms with Crippen LogP contribution in [0.1, 0.15) is 35.1 Å². The van der Waals surface area contributed by atoms with Gasteiger partial charge in [0.2, 0.25) is 5.88 Å². The number of Topliss-reactive ketones (excluding diaryl/α,β-unsaturated/α-hetero) is 1. The molecule has 1 aliphatic carbocycles. The molecule has 0 aliphatic heterocycles. The molecule has 0 N–H and O–H groups in total. The maximum Gasteiger partial charge on any atom is 0.233 e. The fourth-order valence-electron chi connectivity index (χ4n) is 2.62. The van der Waals surface area contributed by atoms with Crippen LogP contribution in [-0.4, -0.2) is 28.1 Å². The Morgan fingerprint density at radius 1 is 1.24 bits per heavy atom. The summed E-state index contributed by atoms with van der Waals surface area (Å²) < 4.78 is 5.00. The number of fused-ring (bicyclic) bond motifs is 1. The predicted molar refractivity (Wildman–Crippen MR) is 77.8 cm³/mol. The first-order chi connectivity index (χ1) is 10.0. The second-order valence-corrected chi connectivity index (χ2v) is 5.64. The Bertz CT molecular complexity index is 703. The Morgan fingerprint density at radius 2 is 2.05 bits per heavy atom. The van der Waals surface area contributed by atoms with Crippen LogP contribution in [0.4, 0.5) is 0 Å². The Morgan fingerprint density at radius 3 is 2.71 bits per heavy atom. The van der Waals surface area contributed by atoms with Crippen LogP contribution < -0.4 is 4.74 Å². The molecule has 5 nitrogen and oxygen atoms in total. The van der Waals surface area contributed by atoms with Gasteiger partial charge in [0.05, 0.1) is 23.9 Å². The van der Waals surface area contributed by atoms with E-state index in [1.54, 1.807) is 24.3 Å². The fourth-order valence-corrected chi connectivity index (χ4v) is 2.78. The lowest BCUT2D eigenvalue weighted by atomic mass is 9.71. The number of nitrogens with zero attached hydrogens (tertiary/aromatic N) is 3. The summed E-state index contributed by atoms with van der Waals surface area (Å²) in [5.74, 6) is 0.437. The van der Waals surface area contributed by atoms with Crippen LogP contribution in [0.3, 0.4) is 0 Å². The van der Waals surface area contributed by atoms with Gasteiger partial charge in [0, 0.05) is 11.6 Å². The minimum absolute atomic E-state index is 0.00684. The first-order valence-electron chi connectivity index (χ1n) is 6.63. The molecule has 0 bridgehead atoms. The van der Waals surface area contributed by atoms with Crippen LogP contribution in [0.15, 0.2) is 24.3 Å². The first kappa shape index (κ1) is 13.9. The lowest BCUT2D eigenvalue weighted by molar-refractivity contribution is 0.0869. The van der Waals surface area contributed by atoms with Crippen molar-refractivity contribution < 1.29 is 9.53 Å². The average Bonchev–Trinajstić information content (AvgIpc) is 2.51. The van der Waals surface area contributed by atoms with Crippen LogP contribution in [0.2, 0.25) is 5.15 Å². The van der Waals surface area contributed by atoms with Crippen molar-refractivity contribution in [1.29, 1.82) is 0 Å². The smallest absolute Gasteiger partial charge is 0.233 e. The number of aryl methyl sites for hydroxylation is 1. The summed E-state index contributed by atoms with van der Waals surface area (Å²) in [7, 11) is 1.53. The summed E-state index contributed by atoms with van der Waals surface area (Å²) in [6.07, 6.45) is 1.32. The van der Waals surface area contributed by atoms with Crippen molar-refractivity contribution >= 4 is 17.4 Å². The predicted octanol–water partition coefficient (Wildman–Crippen LogP) is 2.62. The minimum atomic E-state index is -0.693. The molecule has 1 atom stereocenters. The molecule has 2 aromatic heterocycles. The van der Waals surface area contributed by atoms with Crippen LogP contribution in [-0.2, 0) is 11.8 Å². The lowest BCUT2D eigenvalue weighted by Gasteiger charge is -2.31. The van der Waals surface area contributed by atoms with Crippen LogP contribution in [0.25, 0.3) is 0 Å². The molecule has 0 fully saturated rings. The molecule has 0 spiro atoms. The third kappa shape index (κ3) is 2.27. The van der Waals surface area contributed by atoms with E-state index in [1.807, 2.05) is 6.92 Å². The van der Waals surface area contributed by atoms with Crippen molar-refractivity contribution in [1.82, 2.24) is 15.2 Å². The van der Waals surface area contributed by atoms with E-state index in [9.17, 15) is 4.79 Å². The molecule has 1 unspecified atom stereocenters. The summed E-state index contributed by atoms with van der Waals surface area (Å²) in [6.45, 7) is 1.89. The summed E-state index contributed by atoms with van der Waals surface area (Å²) >= 11 is 5.89. The molecule has 1 aliphatic rings. The minimum Gasteiger partial charge on any atom is -0.480 e. The summed E-state index contributed by atoms with van der Waals surface area (Å²) in [4.78, 5) is 17.1. The van der Waals surface area contributed by atoms with Gasteiger partial charge in [-0.1, -0.05) is 11.6 Å². The molecule has 108 valence electrons. The molecule has 2 heterocycles. The Balaban J connectivity index is 2.02. The topological polar surface area (TPSA) is 65.0 Å². The van der Waals surface area contributed by atoms with Crippen molar-refractivity contribution in [2.75, 3.05) is 7.11 Å². The van der Waals surface area contributed by atoms with Crippen molar-refractivity contribution in [2.45, 2.75) is 25.2 Å². The zero-order chi connectivity index (χ0) is 15.0. The monoisotopic (exact) mass is 303 g/mol. The molecular weight excluding hydrogens is 290 g/mol. The van der Waals surface area contributed by atoms with Gasteiger partial charge in [-0.3, -0.25) is 4.79 Å². The summed E-state index contributed by atoms with van der Waals surface area (Å²) in [6, 6.07) is 6.89. The second kappa shape index (κ2) is 5.07. The van der Waals surface area contributed by atoms with E-state index < -0.39 is 5.41 Å². The summed E-state index contributed by atoms with van der Waals surface area (Å²) in [5, 5.41) is 8.52. The van der Waals surface area contributed by atoms with E-state index in [2.05, 4.69) is 15.2 Å². The van der Waals surface area contributed by atoms with Gasteiger partial charge in [-0.25, -0.2) is 4.98 Å². The van der Waals surface area contributed by atoms with Gasteiger partial charge in [-0.05, 0) is 38.0 Å². The molecule has 0 radical (unpaired) electrons. The van der Waals surface area contributed by atoms with Crippen LogP contribution >= 0.6 is 11.6 Å². The lowest BCUT2D eigenvalue weighted by Crippen LogP contribution is -2.38. The van der Waals surface area contributed by atoms with Crippen molar-refractivity contribution in [3.05, 3.63) is 46.4 Å². The molecule has 3 rings (SSSR count). The molecule has 0 saturated carbocycles. The van der Waals surface area contributed by atoms with E-state index in [-0.39, 0.29) is 5.78 Å². The number of methoxy groups -OCH3 is 1. The van der Waals surface area contributed by atoms with Gasteiger partial charge in [0.15, 0.2) is 5.78 Å². The third-order valence-corrected chi connectivity index (χ3v) is 4.17. The maximum atomic E-state index is 12.8. The second-order valence-electron chi connectivity index (χ2n) is 5.25. The third-order valence-electron chi connectivity index (χ3n) is 3.96. The quantitative estimate of drug-likeness (QED) is 0.798. The number of ether oxygens (including phenoxy) is 1. The standard InChI is InChI=1S/C15H14ClN3O2/c1-15(11-4-6-13(21-2)19-18-11)8-7-10-9(14(15)20)3-5-12(16)17-10/h3-6H,7-8H2,1-2H3. The van der Waals surface area contributed by atoms with E-state index in [0.29, 0.717) is 35.1 Å². The molecule has 21 heavy (non-hydrogen) atoms. The molecule has 0 saturated heterocycles. The number of pyridine rings is 1. The van der Waals surface area contributed by atoms with E-state index in [1.165, 1.54) is 7.11 Å². The number of rotatable bonds is 2. The zero-order valence-corrected chi connectivity index (χ0v) is 12.5. The van der Waals surface area contributed by atoms with Crippen molar-refractivity contribution in [3.63, 3.8) is 0 Å².